The molecule has 182 valence electrons. The van der Waals surface area contributed by atoms with Gasteiger partial charge in [-0.25, -0.2) is 9.79 Å². The van der Waals surface area contributed by atoms with E-state index in [-0.39, 0.29) is 5.91 Å². The van der Waals surface area contributed by atoms with Crippen molar-refractivity contribution in [2.24, 2.45) is 4.99 Å². The first kappa shape index (κ1) is 23.1. The molecule has 8 heteroatoms. The molecule has 3 aliphatic rings. The van der Waals surface area contributed by atoms with Crippen LogP contribution in [0.5, 0.6) is 0 Å². The molecule has 3 aliphatic heterocycles. The van der Waals surface area contributed by atoms with E-state index in [4.69, 9.17) is 4.99 Å². The second-order valence-electron chi connectivity index (χ2n) is 9.41. The largest absolute Gasteiger partial charge is 0.340 e. The highest BCUT2D eigenvalue weighted by molar-refractivity contribution is 6.03. The van der Waals surface area contributed by atoms with E-state index in [1.165, 1.54) is 16.0 Å². The van der Waals surface area contributed by atoms with E-state index >= 15 is 0 Å². The van der Waals surface area contributed by atoms with Gasteiger partial charge in [-0.1, -0.05) is 72.3 Å². The highest BCUT2D eigenvalue weighted by atomic mass is 16.2. The molecular weight excluding hydrogens is 440 g/mol. The number of fused-ring (bicyclic) bond motifs is 1. The lowest BCUT2D eigenvalue weighted by Gasteiger charge is -2.40. The molecule has 3 heterocycles. The van der Waals surface area contributed by atoms with Crippen LogP contribution in [0, 0.1) is 6.92 Å². The smallest absolute Gasteiger partial charge is 0.325 e. The van der Waals surface area contributed by atoms with Gasteiger partial charge < -0.3 is 14.7 Å². The number of aryl methyl sites for hydroxylation is 1. The lowest BCUT2D eigenvalue weighted by molar-refractivity contribution is -0.127. The highest BCUT2D eigenvalue weighted by Crippen LogP contribution is 2.28. The van der Waals surface area contributed by atoms with E-state index in [1.807, 2.05) is 24.3 Å². The summed E-state index contributed by atoms with van der Waals surface area (Å²) in [5, 5.41) is 2.49. The summed E-state index contributed by atoms with van der Waals surface area (Å²) in [4.78, 5) is 38.4. The number of nitrogens with one attached hydrogen (secondary N) is 1. The first-order chi connectivity index (χ1) is 17.0. The quantitative estimate of drug-likeness (QED) is 0.724. The van der Waals surface area contributed by atoms with Crippen molar-refractivity contribution in [1.82, 2.24) is 24.9 Å². The molecule has 1 N–H and O–H groups in total. The number of aliphatic imine (C=N–C) groups is 1. The fourth-order valence-electron chi connectivity index (χ4n) is 4.98. The van der Waals surface area contributed by atoms with Gasteiger partial charge in [0.2, 0.25) is 0 Å². The van der Waals surface area contributed by atoms with Crippen LogP contribution >= 0.6 is 0 Å². The van der Waals surface area contributed by atoms with Gasteiger partial charge in [0.15, 0.2) is 18.2 Å². The Morgan fingerprint density at radius 1 is 1.03 bits per heavy atom. The van der Waals surface area contributed by atoms with Gasteiger partial charge >= 0.3 is 6.03 Å². The highest BCUT2D eigenvalue weighted by Gasteiger charge is 2.49. The van der Waals surface area contributed by atoms with Crippen molar-refractivity contribution in [3.05, 3.63) is 77.4 Å². The third-order valence-corrected chi connectivity index (χ3v) is 6.90. The zero-order valence-corrected chi connectivity index (χ0v) is 20.3. The zero-order chi connectivity index (χ0) is 24.4. The number of amides is 3. The van der Waals surface area contributed by atoms with Crippen molar-refractivity contribution < 1.29 is 9.59 Å². The molecule has 8 nitrogen and oxygen atoms in total. The summed E-state index contributed by atoms with van der Waals surface area (Å²) in [6.45, 7) is 6.99. The predicted molar refractivity (Wildman–Crippen MR) is 137 cm³/mol. The fraction of sp³-hybridized carbons (Fsp3) is 0.370. The van der Waals surface area contributed by atoms with Crippen LogP contribution in [0.15, 0.2) is 65.7 Å². The van der Waals surface area contributed by atoms with Crippen molar-refractivity contribution in [2.45, 2.75) is 25.7 Å². The van der Waals surface area contributed by atoms with E-state index in [1.54, 1.807) is 7.05 Å². The van der Waals surface area contributed by atoms with Crippen molar-refractivity contribution in [3.8, 4) is 0 Å². The molecule has 2 saturated heterocycles. The summed E-state index contributed by atoms with van der Waals surface area (Å²) < 4.78 is 0. The minimum Gasteiger partial charge on any atom is -0.340 e. The van der Waals surface area contributed by atoms with Gasteiger partial charge in [0.25, 0.3) is 5.91 Å². The Kier molecular flexibility index (Phi) is 6.55. The maximum absolute atomic E-state index is 12.9. The minimum absolute atomic E-state index is 0.283. The number of carbonyl (C=O) groups is 2. The lowest BCUT2D eigenvalue weighted by atomic mass is 10.1. The first-order valence-corrected chi connectivity index (χ1v) is 12.2. The Bertz CT molecular complexity index is 1140. The number of hydrogen-bond acceptors (Lipinski definition) is 6. The molecular formula is C27H32N6O2. The molecule has 0 spiro atoms. The third-order valence-electron chi connectivity index (χ3n) is 6.90. The number of nitrogens with zero attached hydrogens (tertiary/aromatic N) is 5. The van der Waals surface area contributed by atoms with Crippen LogP contribution in [0.3, 0.4) is 0 Å². The van der Waals surface area contributed by atoms with Gasteiger partial charge in [-0.15, -0.1) is 0 Å². The summed E-state index contributed by atoms with van der Waals surface area (Å²) in [5.41, 5.74) is 3.50. The second-order valence-corrected chi connectivity index (χ2v) is 9.41. The van der Waals surface area contributed by atoms with E-state index in [9.17, 15) is 9.59 Å². The van der Waals surface area contributed by atoms with Gasteiger partial charge in [-0.05, 0) is 18.1 Å². The first-order valence-electron chi connectivity index (χ1n) is 12.2. The third kappa shape index (κ3) is 4.93. The Hall–Kier alpha value is -3.65. The molecule has 2 fully saturated rings. The zero-order valence-electron chi connectivity index (χ0n) is 20.3. The van der Waals surface area contributed by atoms with Gasteiger partial charge in [-0.3, -0.25) is 15.0 Å². The van der Waals surface area contributed by atoms with Crippen LogP contribution in [-0.2, 0) is 11.3 Å². The van der Waals surface area contributed by atoms with Crippen LogP contribution in [0.2, 0.25) is 0 Å². The van der Waals surface area contributed by atoms with Gasteiger partial charge in [0.05, 0.1) is 0 Å². The number of piperazine rings is 1. The number of carbonyl (C=O) groups excluding carboxylic acids is 2. The summed E-state index contributed by atoms with van der Waals surface area (Å²) >= 11 is 0. The van der Waals surface area contributed by atoms with Gasteiger partial charge in [-0.2, -0.15) is 0 Å². The maximum atomic E-state index is 12.9. The molecule has 0 saturated carbocycles. The minimum atomic E-state index is -0.528. The van der Waals surface area contributed by atoms with Gasteiger partial charge in [0.1, 0.15) is 0 Å². The van der Waals surface area contributed by atoms with E-state index < -0.39 is 18.2 Å². The number of imide groups is 1. The second kappa shape index (κ2) is 9.92. The van der Waals surface area contributed by atoms with Gasteiger partial charge in [0, 0.05) is 46.3 Å². The number of benzene rings is 2. The Balaban J connectivity index is 1.29. The maximum Gasteiger partial charge on any atom is 0.325 e. The molecule has 0 bridgehead atoms. The monoisotopic (exact) mass is 472 g/mol. The molecule has 0 radical (unpaired) electrons. The topological polar surface area (TPSA) is 71.5 Å². The van der Waals surface area contributed by atoms with Crippen LogP contribution in [-0.4, -0.2) is 89.5 Å². The van der Waals surface area contributed by atoms with Crippen LogP contribution in [0.1, 0.15) is 16.7 Å². The average Bonchev–Trinajstić information content (AvgIpc) is 3.23. The number of likely N-dealkylation sites (N-methyl/N-ethyl adjacent to an activating group) is 1. The predicted octanol–water partition coefficient (Wildman–Crippen LogP) is 2.37. The van der Waals surface area contributed by atoms with Crippen LogP contribution in [0.25, 0.3) is 6.08 Å². The molecule has 35 heavy (non-hydrogen) atoms. The van der Waals surface area contributed by atoms with Crippen molar-refractivity contribution in [3.63, 3.8) is 0 Å². The summed E-state index contributed by atoms with van der Waals surface area (Å²) in [5.74, 6) is 0.520. The fourth-order valence-corrected chi connectivity index (χ4v) is 4.98. The van der Waals surface area contributed by atoms with E-state index in [2.05, 4.69) is 69.4 Å². The molecule has 0 aliphatic carbocycles. The summed E-state index contributed by atoms with van der Waals surface area (Å²) in [6, 6.07) is 17.7. The Morgan fingerprint density at radius 2 is 1.80 bits per heavy atom. The SMILES string of the molecule is Cc1cccc(CN2C(N3CCN(C/C=C\c4ccccc4)CC3)=NC3C2C(=O)NC(=O)N3C)c1. The number of hydrogen-bond donors (Lipinski definition) is 1. The van der Waals surface area contributed by atoms with E-state index in [0.29, 0.717) is 6.54 Å². The van der Waals surface area contributed by atoms with Crippen LogP contribution < -0.4 is 5.32 Å². The van der Waals surface area contributed by atoms with Crippen molar-refractivity contribution in [2.75, 3.05) is 39.8 Å². The normalized spacial score (nSPS) is 23.0. The molecule has 2 atom stereocenters. The summed E-state index contributed by atoms with van der Waals surface area (Å²) in [7, 11) is 1.70. The lowest BCUT2D eigenvalue weighted by Crippen LogP contribution is -2.64. The van der Waals surface area contributed by atoms with Crippen molar-refractivity contribution in [1.29, 1.82) is 0 Å². The molecule has 0 aromatic heterocycles. The number of urea groups is 1. The number of guanidine groups is 1. The standard InChI is InChI=1S/C27H32N6O2/c1-20-8-6-11-22(18-20)19-33-23-24(30(2)27(35)29-25(23)34)28-26(33)32-16-14-31(15-17-32)13-7-12-21-9-4-3-5-10-21/h3-12,18,23-24H,13-17,19H2,1-2H3,(H,29,34,35)/b12-7-. The summed E-state index contributed by atoms with van der Waals surface area (Å²) in [6.07, 6.45) is 3.86. The molecule has 2 aromatic rings. The Labute approximate surface area is 206 Å². The number of rotatable bonds is 5. The van der Waals surface area contributed by atoms with Crippen LogP contribution in [0.4, 0.5) is 4.79 Å². The molecule has 3 amide bonds. The van der Waals surface area contributed by atoms with Crippen molar-refractivity contribution >= 4 is 24.0 Å². The average molecular weight is 473 g/mol. The molecule has 2 aromatic carbocycles. The van der Waals surface area contributed by atoms with E-state index in [0.717, 1.165) is 44.2 Å². The Morgan fingerprint density at radius 3 is 2.54 bits per heavy atom. The molecule has 2 unspecified atom stereocenters. The molecule has 5 rings (SSSR count).